The number of phenolic OH excluding ortho intramolecular Hbond substituents is 1. The van der Waals surface area contributed by atoms with Crippen LogP contribution in [0.4, 0.5) is 0 Å². The molecule has 2 saturated carbocycles. The van der Waals surface area contributed by atoms with Crippen molar-refractivity contribution in [2.45, 2.75) is 62.7 Å². The minimum absolute atomic E-state index is 0. The van der Waals surface area contributed by atoms with E-state index in [2.05, 4.69) is 12.0 Å². The minimum atomic E-state index is -0.484. The number of aliphatic hydroxyl groups is 1. The van der Waals surface area contributed by atoms with Crippen molar-refractivity contribution >= 4 is 0 Å². The molecule has 25 heavy (non-hydrogen) atoms. The molecule has 1 aromatic carbocycles. The van der Waals surface area contributed by atoms with Crippen molar-refractivity contribution in [3.05, 3.63) is 48.4 Å². The summed E-state index contributed by atoms with van der Waals surface area (Å²) in [4.78, 5) is 3.81. The van der Waals surface area contributed by atoms with E-state index in [9.17, 15) is 10.2 Å². The number of phenols is 1. The summed E-state index contributed by atoms with van der Waals surface area (Å²) in [6, 6.07) is 6.96. The first-order valence-corrected chi connectivity index (χ1v) is 8.86. The average molecular weight is 417 g/mol. The molecule has 3 rings (SSSR count). The molecule has 0 spiro atoms. The molecule has 0 aromatic heterocycles. The van der Waals surface area contributed by atoms with Gasteiger partial charge in [-0.15, -0.1) is 0 Å². The van der Waals surface area contributed by atoms with Crippen LogP contribution in [-0.2, 0) is 37.4 Å². The van der Waals surface area contributed by atoms with Crippen molar-refractivity contribution in [1.29, 1.82) is 0 Å². The average Bonchev–Trinajstić information content (AvgIpc) is 2.91. The Hall–Kier alpha value is -0.466. The van der Waals surface area contributed by atoms with E-state index in [4.69, 9.17) is 11.3 Å². The van der Waals surface area contributed by atoms with Crippen LogP contribution < -0.4 is 0 Å². The molecule has 0 saturated heterocycles. The molecule has 2 aliphatic rings. The number of aromatic hydroxyl groups is 1. The molecule has 2 fully saturated rings. The Balaban J connectivity index is 0.00000225. The first kappa shape index (κ1) is 20.8. The third-order valence-corrected chi connectivity index (χ3v) is 5.87. The van der Waals surface area contributed by atoms with Crippen LogP contribution in [0.1, 0.15) is 50.0 Å². The molecular weight excluding hydrogens is 391 g/mol. The largest absolute Gasteiger partial charge is 0.553 e. The fourth-order valence-electron chi connectivity index (χ4n) is 4.70. The van der Waals surface area contributed by atoms with Gasteiger partial charge in [-0.2, -0.15) is 0 Å². The van der Waals surface area contributed by atoms with E-state index in [1.165, 1.54) is 6.42 Å². The van der Waals surface area contributed by atoms with Gasteiger partial charge in [0.15, 0.2) is 0 Å². The quantitative estimate of drug-likeness (QED) is 0.731. The Labute approximate surface area is 175 Å². The van der Waals surface area contributed by atoms with Crippen molar-refractivity contribution in [1.82, 2.24) is 0 Å². The Morgan fingerprint density at radius 3 is 2.56 bits per heavy atom. The SMILES string of the molecule is [C-]#[N+][C@@H]1C[C@@H](O)C(c2ccc(O)cc2)C1CC1CCCC(O[CH2-])C1.[Y]. The normalized spacial score (nSPS) is 34.9. The van der Waals surface area contributed by atoms with Gasteiger partial charge in [0.1, 0.15) is 5.75 Å². The van der Waals surface area contributed by atoms with E-state index in [1.807, 2.05) is 12.1 Å². The van der Waals surface area contributed by atoms with E-state index in [1.54, 1.807) is 12.1 Å². The number of rotatable bonds is 4. The molecule has 2 aliphatic carbocycles. The van der Waals surface area contributed by atoms with Gasteiger partial charge in [0.2, 0.25) is 6.04 Å². The maximum Gasteiger partial charge on any atom is 0.229 e. The molecule has 6 atom stereocenters. The van der Waals surface area contributed by atoms with Crippen LogP contribution in [0, 0.1) is 25.5 Å². The molecule has 1 aromatic rings. The summed E-state index contributed by atoms with van der Waals surface area (Å²) in [5.74, 6) is 0.901. The molecule has 0 heterocycles. The molecule has 0 amide bonds. The standard InChI is InChI=1S/C20H26NO3.Y/c1-21-18-12-19(23)20(14-6-8-15(22)9-7-14)17(18)11-13-4-3-5-16(10-13)24-2;/h6-9,13,16-20,22-23H,2-5,10-12H2;/q-1;/t13?,16?,17?,18-,19-,20?;/m1./s1. The maximum absolute atomic E-state index is 10.6. The van der Waals surface area contributed by atoms with Crippen LogP contribution >= 0.6 is 0 Å². The number of ether oxygens (including phenoxy) is 1. The second-order valence-corrected chi connectivity index (χ2v) is 7.34. The summed E-state index contributed by atoms with van der Waals surface area (Å²) in [5.41, 5.74) is 1.03. The molecule has 2 N–H and O–H groups in total. The smallest absolute Gasteiger partial charge is 0.229 e. The number of nitrogens with zero attached hydrogens (tertiary/aromatic N) is 1. The van der Waals surface area contributed by atoms with E-state index in [-0.39, 0.29) is 62.4 Å². The fourth-order valence-corrected chi connectivity index (χ4v) is 4.70. The van der Waals surface area contributed by atoms with Crippen molar-refractivity contribution in [3.63, 3.8) is 0 Å². The van der Waals surface area contributed by atoms with Gasteiger partial charge >= 0.3 is 0 Å². The number of hydrogen-bond acceptors (Lipinski definition) is 3. The second kappa shape index (κ2) is 9.46. The van der Waals surface area contributed by atoms with Crippen molar-refractivity contribution in [2.24, 2.45) is 11.8 Å². The zero-order chi connectivity index (χ0) is 17.1. The van der Waals surface area contributed by atoms with E-state index >= 15 is 0 Å². The van der Waals surface area contributed by atoms with Gasteiger partial charge in [0.05, 0.1) is 6.10 Å². The van der Waals surface area contributed by atoms with Gasteiger partial charge in [-0.05, 0) is 42.9 Å². The van der Waals surface area contributed by atoms with Crippen LogP contribution in [0.3, 0.4) is 0 Å². The summed E-state index contributed by atoms with van der Waals surface area (Å²) in [6.07, 6.45) is 5.63. The van der Waals surface area contributed by atoms with Crippen LogP contribution in [0.5, 0.6) is 5.75 Å². The van der Waals surface area contributed by atoms with E-state index in [0.717, 1.165) is 31.2 Å². The molecule has 0 bridgehead atoms. The predicted octanol–water partition coefficient (Wildman–Crippen LogP) is 3.90. The Morgan fingerprint density at radius 1 is 1.20 bits per heavy atom. The zero-order valence-corrected chi connectivity index (χ0v) is 17.4. The number of hydrogen-bond donors (Lipinski definition) is 2. The van der Waals surface area contributed by atoms with Gasteiger partial charge in [-0.1, -0.05) is 25.0 Å². The Kier molecular flexibility index (Phi) is 7.89. The number of benzene rings is 1. The van der Waals surface area contributed by atoms with Crippen molar-refractivity contribution < 1.29 is 47.7 Å². The van der Waals surface area contributed by atoms with Gasteiger partial charge in [0, 0.05) is 57.1 Å². The molecule has 1 radical (unpaired) electrons. The van der Waals surface area contributed by atoms with Gasteiger partial charge in [0.25, 0.3) is 0 Å². The zero-order valence-electron chi connectivity index (χ0n) is 14.6. The molecular formula is C20H26NO3Y-. The summed E-state index contributed by atoms with van der Waals surface area (Å²) < 4.78 is 5.30. The van der Waals surface area contributed by atoms with Gasteiger partial charge in [-0.3, -0.25) is 0 Å². The molecule has 4 unspecified atom stereocenters. The van der Waals surface area contributed by atoms with Crippen LogP contribution in [0.25, 0.3) is 4.85 Å². The minimum Gasteiger partial charge on any atom is -0.553 e. The Bertz CT molecular complexity index is 586. The summed E-state index contributed by atoms with van der Waals surface area (Å²) in [5, 5.41) is 20.1. The van der Waals surface area contributed by atoms with Gasteiger partial charge < -0.3 is 19.8 Å². The molecule has 133 valence electrons. The molecule has 5 heteroatoms. The number of aliphatic hydroxyl groups excluding tert-OH is 1. The van der Waals surface area contributed by atoms with Crippen LogP contribution in [0.2, 0.25) is 0 Å². The first-order chi connectivity index (χ1) is 11.6. The second-order valence-electron chi connectivity index (χ2n) is 7.34. The van der Waals surface area contributed by atoms with Crippen molar-refractivity contribution in [3.8, 4) is 5.75 Å². The summed E-state index contributed by atoms with van der Waals surface area (Å²) >= 11 is 0. The fraction of sp³-hybridized carbons (Fsp3) is 0.600. The van der Waals surface area contributed by atoms with Crippen LogP contribution in [-0.4, -0.2) is 28.5 Å². The third kappa shape index (κ3) is 4.83. The van der Waals surface area contributed by atoms with E-state index in [0.29, 0.717) is 12.3 Å². The summed E-state index contributed by atoms with van der Waals surface area (Å²) in [7, 11) is 3.58. The Morgan fingerprint density at radius 2 is 1.92 bits per heavy atom. The molecule has 0 aliphatic heterocycles. The predicted molar refractivity (Wildman–Crippen MR) is 92.2 cm³/mol. The maximum atomic E-state index is 10.6. The third-order valence-electron chi connectivity index (χ3n) is 5.87. The van der Waals surface area contributed by atoms with Gasteiger partial charge in [-0.25, -0.2) is 13.7 Å². The summed E-state index contributed by atoms with van der Waals surface area (Å²) in [6.45, 7) is 7.54. The topological polar surface area (TPSA) is 54.0 Å². The van der Waals surface area contributed by atoms with Crippen LogP contribution in [0.15, 0.2) is 24.3 Å². The van der Waals surface area contributed by atoms with E-state index < -0.39 is 6.10 Å². The monoisotopic (exact) mass is 417 g/mol. The first-order valence-electron chi connectivity index (χ1n) is 8.86. The molecule has 4 nitrogen and oxygen atoms in total. The van der Waals surface area contributed by atoms with Crippen molar-refractivity contribution in [2.75, 3.05) is 0 Å².